The summed E-state index contributed by atoms with van der Waals surface area (Å²) >= 11 is 1.16. The molecule has 1 aliphatic carbocycles. The van der Waals surface area contributed by atoms with Gasteiger partial charge in [-0.2, -0.15) is 0 Å². The number of nitrogens with zero attached hydrogens (tertiary/aromatic N) is 3. The molecule has 8 nitrogen and oxygen atoms in total. The van der Waals surface area contributed by atoms with Crippen molar-refractivity contribution in [2.45, 2.75) is 43.4 Å². The normalized spacial score (nSPS) is 15.0. The van der Waals surface area contributed by atoms with Crippen LogP contribution in [0.2, 0.25) is 0 Å². The molecule has 0 radical (unpaired) electrons. The van der Waals surface area contributed by atoms with Crippen LogP contribution >= 0.6 is 11.8 Å². The Morgan fingerprint density at radius 1 is 1.32 bits per heavy atom. The molecular weight excluding hydrogens is 344 g/mol. The van der Waals surface area contributed by atoms with Crippen molar-refractivity contribution in [1.29, 1.82) is 0 Å². The van der Waals surface area contributed by atoms with Gasteiger partial charge in [-0.25, -0.2) is 0 Å². The van der Waals surface area contributed by atoms with Crippen molar-refractivity contribution in [1.82, 2.24) is 15.5 Å². The molecule has 132 valence electrons. The second-order valence-electron chi connectivity index (χ2n) is 5.87. The maximum atomic E-state index is 12.0. The van der Waals surface area contributed by atoms with Crippen LogP contribution in [0.4, 0.5) is 5.69 Å². The molecule has 9 heteroatoms. The van der Waals surface area contributed by atoms with Crippen LogP contribution in [0, 0.1) is 10.1 Å². The predicted molar refractivity (Wildman–Crippen MR) is 92.1 cm³/mol. The van der Waals surface area contributed by atoms with E-state index >= 15 is 0 Å². The zero-order valence-electron chi connectivity index (χ0n) is 13.5. The number of benzene rings is 1. The number of amides is 1. The summed E-state index contributed by atoms with van der Waals surface area (Å²) in [5.41, 5.74) is 0.428. The summed E-state index contributed by atoms with van der Waals surface area (Å²) in [6, 6.07) is 6.25. The van der Waals surface area contributed by atoms with Crippen LogP contribution in [0.1, 0.15) is 32.1 Å². The molecule has 25 heavy (non-hydrogen) atoms. The van der Waals surface area contributed by atoms with Crippen molar-refractivity contribution in [2.75, 3.05) is 5.75 Å². The van der Waals surface area contributed by atoms with Gasteiger partial charge < -0.3 is 9.73 Å². The monoisotopic (exact) mass is 362 g/mol. The number of carbonyl (C=O) groups excluding carboxylic acids is 1. The molecule has 3 rings (SSSR count). The maximum Gasteiger partial charge on any atom is 0.277 e. The molecule has 1 N–H and O–H groups in total. The number of hydrogen-bond acceptors (Lipinski definition) is 7. The van der Waals surface area contributed by atoms with Crippen molar-refractivity contribution >= 4 is 23.4 Å². The Morgan fingerprint density at radius 3 is 2.88 bits per heavy atom. The van der Waals surface area contributed by atoms with Crippen LogP contribution in [-0.2, 0) is 4.79 Å². The Morgan fingerprint density at radius 2 is 2.12 bits per heavy atom. The minimum atomic E-state index is -0.481. The molecule has 0 spiro atoms. The van der Waals surface area contributed by atoms with Crippen molar-refractivity contribution in [3.8, 4) is 11.5 Å². The molecule has 0 unspecified atom stereocenters. The van der Waals surface area contributed by atoms with Gasteiger partial charge in [-0.1, -0.05) is 37.1 Å². The zero-order chi connectivity index (χ0) is 17.6. The van der Waals surface area contributed by atoms with Crippen molar-refractivity contribution < 1.29 is 14.1 Å². The average Bonchev–Trinajstić information content (AvgIpc) is 3.10. The molecule has 1 aromatic carbocycles. The first-order valence-corrected chi connectivity index (χ1v) is 9.11. The van der Waals surface area contributed by atoms with Gasteiger partial charge >= 0.3 is 0 Å². The molecule has 0 atom stereocenters. The lowest BCUT2D eigenvalue weighted by Gasteiger charge is -2.22. The molecule has 1 aromatic heterocycles. The van der Waals surface area contributed by atoms with Crippen LogP contribution in [0.3, 0.4) is 0 Å². The minimum Gasteiger partial charge on any atom is -0.411 e. The van der Waals surface area contributed by atoms with E-state index in [0.29, 0.717) is 5.56 Å². The van der Waals surface area contributed by atoms with Gasteiger partial charge in [-0.15, -0.1) is 10.2 Å². The zero-order valence-corrected chi connectivity index (χ0v) is 14.3. The lowest BCUT2D eigenvalue weighted by atomic mass is 9.95. The number of nitrogens with one attached hydrogen (secondary N) is 1. The predicted octanol–water partition coefficient (Wildman–Crippen LogP) is 3.19. The first-order valence-electron chi connectivity index (χ1n) is 8.12. The van der Waals surface area contributed by atoms with Gasteiger partial charge in [0.15, 0.2) is 0 Å². The molecule has 1 aliphatic rings. The lowest BCUT2D eigenvalue weighted by molar-refractivity contribution is -0.384. The summed E-state index contributed by atoms with van der Waals surface area (Å²) in [5.74, 6) is 0.346. The van der Waals surface area contributed by atoms with E-state index in [2.05, 4.69) is 15.5 Å². The minimum absolute atomic E-state index is 0.0447. The largest absolute Gasteiger partial charge is 0.411 e. The van der Waals surface area contributed by atoms with Gasteiger partial charge in [-0.3, -0.25) is 14.9 Å². The van der Waals surface area contributed by atoms with Crippen LogP contribution in [0.15, 0.2) is 33.9 Å². The highest BCUT2D eigenvalue weighted by Gasteiger charge is 2.17. The van der Waals surface area contributed by atoms with Crippen LogP contribution in [0.25, 0.3) is 11.5 Å². The van der Waals surface area contributed by atoms with Gasteiger partial charge in [0.25, 0.3) is 10.9 Å². The fourth-order valence-electron chi connectivity index (χ4n) is 2.78. The van der Waals surface area contributed by atoms with Crippen molar-refractivity contribution in [3.63, 3.8) is 0 Å². The van der Waals surface area contributed by atoms with Gasteiger partial charge in [0.2, 0.25) is 11.8 Å². The second kappa shape index (κ2) is 8.11. The highest BCUT2D eigenvalue weighted by atomic mass is 32.2. The van der Waals surface area contributed by atoms with E-state index in [9.17, 15) is 14.9 Å². The third-order valence-corrected chi connectivity index (χ3v) is 4.83. The fraction of sp³-hybridized carbons (Fsp3) is 0.438. The number of nitro groups is 1. The Hall–Kier alpha value is -2.42. The van der Waals surface area contributed by atoms with Crippen molar-refractivity contribution in [3.05, 3.63) is 34.4 Å². The van der Waals surface area contributed by atoms with E-state index in [1.54, 1.807) is 12.1 Å². The highest BCUT2D eigenvalue weighted by molar-refractivity contribution is 7.99. The molecule has 0 aliphatic heterocycles. The van der Waals surface area contributed by atoms with E-state index in [0.717, 1.165) is 37.4 Å². The Labute approximate surface area is 148 Å². The summed E-state index contributed by atoms with van der Waals surface area (Å²) in [7, 11) is 0. The van der Waals surface area contributed by atoms with E-state index in [1.165, 1.54) is 18.6 Å². The fourth-order valence-corrected chi connectivity index (χ4v) is 3.36. The second-order valence-corrected chi connectivity index (χ2v) is 6.80. The van der Waals surface area contributed by atoms with Crippen molar-refractivity contribution in [2.24, 2.45) is 0 Å². The van der Waals surface area contributed by atoms with Crippen LogP contribution in [0.5, 0.6) is 0 Å². The van der Waals surface area contributed by atoms with Gasteiger partial charge in [0.05, 0.1) is 10.7 Å². The standard InChI is InChI=1S/C16H18N4O4S/c21-14(17-12-6-2-1-3-7-12)10-25-16-19-18-15(24-16)11-5-4-8-13(9-11)20(22)23/h4-5,8-9,12H,1-3,6-7,10H2,(H,17,21). The number of hydrogen-bond donors (Lipinski definition) is 1. The highest BCUT2D eigenvalue weighted by Crippen LogP contribution is 2.26. The number of non-ortho nitro benzene ring substituents is 1. The quantitative estimate of drug-likeness (QED) is 0.477. The van der Waals surface area contributed by atoms with E-state index in [-0.39, 0.29) is 34.5 Å². The van der Waals surface area contributed by atoms with Gasteiger partial charge in [0.1, 0.15) is 0 Å². The number of nitro benzene ring substituents is 1. The SMILES string of the molecule is O=C(CSc1nnc(-c2cccc([N+](=O)[O-])c2)o1)NC1CCCCC1. The molecule has 0 bridgehead atoms. The smallest absolute Gasteiger partial charge is 0.277 e. The first kappa shape index (κ1) is 17.4. The summed E-state index contributed by atoms with van der Waals surface area (Å²) in [6.45, 7) is 0. The number of rotatable bonds is 6. The van der Waals surface area contributed by atoms with E-state index in [1.807, 2.05) is 0 Å². The number of carbonyl (C=O) groups is 1. The molecule has 1 amide bonds. The van der Waals surface area contributed by atoms with Crippen LogP contribution < -0.4 is 5.32 Å². The summed E-state index contributed by atoms with van der Waals surface area (Å²) < 4.78 is 5.48. The van der Waals surface area contributed by atoms with E-state index < -0.39 is 4.92 Å². The lowest BCUT2D eigenvalue weighted by Crippen LogP contribution is -2.37. The third-order valence-electron chi connectivity index (χ3n) is 4.01. The third kappa shape index (κ3) is 4.79. The summed E-state index contributed by atoms with van der Waals surface area (Å²) in [5, 5.41) is 21.9. The molecule has 1 saturated carbocycles. The summed E-state index contributed by atoms with van der Waals surface area (Å²) in [6.07, 6.45) is 5.63. The van der Waals surface area contributed by atoms with Gasteiger partial charge in [-0.05, 0) is 18.9 Å². The van der Waals surface area contributed by atoms with Crippen LogP contribution in [-0.4, -0.2) is 32.8 Å². The van der Waals surface area contributed by atoms with Gasteiger partial charge in [0, 0.05) is 23.7 Å². The Balaban J connectivity index is 1.55. The molecule has 0 saturated heterocycles. The topological polar surface area (TPSA) is 111 Å². The molecule has 1 heterocycles. The number of aromatic nitrogens is 2. The maximum absolute atomic E-state index is 12.0. The average molecular weight is 362 g/mol. The van der Waals surface area contributed by atoms with E-state index in [4.69, 9.17) is 4.42 Å². The molecule has 2 aromatic rings. The molecule has 1 fully saturated rings. The first-order chi connectivity index (χ1) is 12.1. The Bertz CT molecular complexity index is 758. The molecular formula is C16H18N4O4S. The Kier molecular flexibility index (Phi) is 5.64. The number of thioether (sulfide) groups is 1. The summed E-state index contributed by atoms with van der Waals surface area (Å²) in [4.78, 5) is 22.3.